The average Bonchev–Trinajstić information content (AvgIpc) is 2.76. The van der Waals surface area contributed by atoms with Gasteiger partial charge in [-0.05, 0) is 24.7 Å². The Bertz CT molecular complexity index is 340. The second-order valence-electron chi connectivity index (χ2n) is 5.46. The van der Waals surface area contributed by atoms with Crippen molar-refractivity contribution in [2.75, 3.05) is 0 Å². The number of hydrogen-bond donors (Lipinski definition) is 1. The summed E-state index contributed by atoms with van der Waals surface area (Å²) in [5.74, 6) is 1.34. The van der Waals surface area contributed by atoms with Crippen molar-refractivity contribution in [3.63, 3.8) is 0 Å². The molecule has 0 saturated heterocycles. The van der Waals surface area contributed by atoms with Gasteiger partial charge >= 0.3 is 0 Å². The third kappa shape index (κ3) is 3.09. The van der Waals surface area contributed by atoms with Crippen molar-refractivity contribution in [3.8, 4) is 0 Å². The van der Waals surface area contributed by atoms with Crippen LogP contribution in [0.4, 0.5) is 0 Å². The van der Waals surface area contributed by atoms with Gasteiger partial charge in [-0.15, -0.1) is 0 Å². The zero-order chi connectivity index (χ0) is 12.3. The predicted molar refractivity (Wildman–Crippen MR) is 68.5 cm³/mol. The van der Waals surface area contributed by atoms with Crippen molar-refractivity contribution in [1.29, 1.82) is 0 Å². The number of aliphatic hydroxyl groups is 1. The average molecular weight is 236 g/mol. The lowest BCUT2D eigenvalue weighted by Gasteiger charge is -2.31. The van der Waals surface area contributed by atoms with E-state index in [9.17, 15) is 5.11 Å². The van der Waals surface area contributed by atoms with E-state index in [0.29, 0.717) is 5.92 Å². The maximum atomic E-state index is 10.3. The third-order valence-corrected chi connectivity index (χ3v) is 4.10. The molecule has 3 nitrogen and oxygen atoms in total. The molecule has 1 unspecified atom stereocenters. The van der Waals surface area contributed by atoms with Gasteiger partial charge in [-0.1, -0.05) is 32.6 Å². The molecule has 1 N–H and O–H groups in total. The van der Waals surface area contributed by atoms with Crippen molar-refractivity contribution in [1.82, 2.24) is 9.78 Å². The van der Waals surface area contributed by atoms with Gasteiger partial charge in [0.25, 0.3) is 0 Å². The molecular weight excluding hydrogens is 212 g/mol. The minimum Gasteiger partial charge on any atom is -0.388 e. The summed E-state index contributed by atoms with van der Waals surface area (Å²) in [7, 11) is 1.90. The van der Waals surface area contributed by atoms with Gasteiger partial charge in [0.15, 0.2) is 0 Å². The van der Waals surface area contributed by atoms with Crippen LogP contribution in [-0.4, -0.2) is 14.9 Å². The standard InChI is InChI=1S/C14H24N2O/c1-3-4-11-5-7-12(8-6-11)14(17)13-9-15-16(2)10-13/h9-12,14,17H,3-8H2,1-2H3. The van der Waals surface area contributed by atoms with Gasteiger partial charge in [-0.25, -0.2) is 0 Å². The molecule has 1 aromatic rings. The van der Waals surface area contributed by atoms with Gasteiger partial charge in [0.1, 0.15) is 0 Å². The first-order valence-corrected chi connectivity index (χ1v) is 6.87. The molecule has 0 aromatic carbocycles. The van der Waals surface area contributed by atoms with Crippen LogP contribution in [0.3, 0.4) is 0 Å². The third-order valence-electron chi connectivity index (χ3n) is 4.10. The SMILES string of the molecule is CCCC1CCC(C(O)c2cnn(C)c2)CC1. The molecule has 0 bridgehead atoms. The van der Waals surface area contributed by atoms with Crippen molar-refractivity contribution in [2.24, 2.45) is 18.9 Å². The van der Waals surface area contributed by atoms with Gasteiger partial charge in [-0.2, -0.15) is 5.10 Å². The molecule has 2 rings (SSSR count). The van der Waals surface area contributed by atoms with Gasteiger partial charge in [0.05, 0.1) is 12.3 Å². The predicted octanol–water partition coefficient (Wildman–Crippen LogP) is 3.06. The fourth-order valence-corrected chi connectivity index (χ4v) is 3.07. The van der Waals surface area contributed by atoms with Crippen LogP contribution in [0, 0.1) is 11.8 Å². The normalized spacial score (nSPS) is 27.0. The highest BCUT2D eigenvalue weighted by molar-refractivity contribution is 5.09. The van der Waals surface area contributed by atoms with Crippen LogP contribution in [0.2, 0.25) is 0 Å². The molecule has 1 aromatic heterocycles. The van der Waals surface area contributed by atoms with E-state index in [0.717, 1.165) is 11.5 Å². The number of aliphatic hydroxyl groups excluding tert-OH is 1. The Morgan fingerprint density at radius 1 is 1.41 bits per heavy atom. The summed E-state index contributed by atoms with van der Waals surface area (Å²) in [6, 6.07) is 0. The van der Waals surface area contributed by atoms with Gasteiger partial charge in [-0.3, -0.25) is 4.68 Å². The first-order chi connectivity index (χ1) is 8.20. The molecule has 1 heterocycles. The van der Waals surface area contributed by atoms with E-state index in [4.69, 9.17) is 0 Å². The van der Waals surface area contributed by atoms with Crippen LogP contribution in [0.25, 0.3) is 0 Å². The van der Waals surface area contributed by atoms with Gasteiger partial charge < -0.3 is 5.11 Å². The molecule has 1 saturated carbocycles. The highest BCUT2D eigenvalue weighted by Gasteiger charge is 2.27. The first-order valence-electron chi connectivity index (χ1n) is 6.87. The molecule has 0 amide bonds. The molecule has 1 aliphatic carbocycles. The molecule has 17 heavy (non-hydrogen) atoms. The number of hydrogen-bond acceptors (Lipinski definition) is 2. The monoisotopic (exact) mass is 236 g/mol. The topological polar surface area (TPSA) is 38.1 Å². The van der Waals surface area contributed by atoms with E-state index in [2.05, 4.69) is 12.0 Å². The molecule has 1 aliphatic rings. The zero-order valence-corrected chi connectivity index (χ0v) is 11.0. The summed E-state index contributed by atoms with van der Waals surface area (Å²) in [6.45, 7) is 2.26. The Hall–Kier alpha value is -0.830. The maximum absolute atomic E-state index is 10.3. The molecule has 3 heteroatoms. The van der Waals surface area contributed by atoms with E-state index in [1.54, 1.807) is 10.9 Å². The number of nitrogens with zero attached hydrogens (tertiary/aromatic N) is 2. The fraction of sp³-hybridized carbons (Fsp3) is 0.786. The minimum atomic E-state index is -0.314. The van der Waals surface area contributed by atoms with Crippen LogP contribution in [-0.2, 0) is 7.05 Å². The van der Waals surface area contributed by atoms with Crippen molar-refractivity contribution in [2.45, 2.75) is 51.6 Å². The summed E-state index contributed by atoms with van der Waals surface area (Å²) >= 11 is 0. The van der Waals surface area contributed by atoms with E-state index in [1.165, 1.54) is 38.5 Å². The highest BCUT2D eigenvalue weighted by Crippen LogP contribution is 2.38. The molecular formula is C14H24N2O. The maximum Gasteiger partial charge on any atom is 0.0848 e. The Kier molecular flexibility index (Phi) is 4.21. The van der Waals surface area contributed by atoms with E-state index in [-0.39, 0.29) is 6.10 Å². The number of aryl methyl sites for hydroxylation is 1. The highest BCUT2D eigenvalue weighted by atomic mass is 16.3. The zero-order valence-electron chi connectivity index (χ0n) is 11.0. The lowest BCUT2D eigenvalue weighted by molar-refractivity contribution is 0.0722. The van der Waals surface area contributed by atoms with Crippen LogP contribution >= 0.6 is 0 Å². The number of rotatable bonds is 4. The Balaban J connectivity index is 1.88. The number of aromatic nitrogens is 2. The Morgan fingerprint density at radius 3 is 2.65 bits per heavy atom. The van der Waals surface area contributed by atoms with Crippen LogP contribution < -0.4 is 0 Å². The summed E-state index contributed by atoms with van der Waals surface area (Å²) in [5.41, 5.74) is 0.978. The Labute approximate surface area is 104 Å². The molecule has 96 valence electrons. The largest absolute Gasteiger partial charge is 0.388 e. The molecule has 0 spiro atoms. The molecule has 1 atom stereocenters. The van der Waals surface area contributed by atoms with Crippen LogP contribution in [0.15, 0.2) is 12.4 Å². The van der Waals surface area contributed by atoms with E-state index < -0.39 is 0 Å². The summed E-state index contributed by atoms with van der Waals surface area (Å²) in [6.07, 6.45) is 11.0. The molecule has 0 radical (unpaired) electrons. The van der Waals surface area contributed by atoms with Crippen molar-refractivity contribution < 1.29 is 5.11 Å². The second kappa shape index (κ2) is 5.67. The summed E-state index contributed by atoms with van der Waals surface area (Å²) in [5, 5.41) is 14.5. The smallest absolute Gasteiger partial charge is 0.0848 e. The second-order valence-corrected chi connectivity index (χ2v) is 5.46. The van der Waals surface area contributed by atoms with E-state index in [1.807, 2.05) is 13.2 Å². The van der Waals surface area contributed by atoms with Crippen LogP contribution in [0.1, 0.15) is 57.1 Å². The molecule has 1 fully saturated rings. The summed E-state index contributed by atoms with van der Waals surface area (Å²) < 4.78 is 1.77. The fourth-order valence-electron chi connectivity index (χ4n) is 3.07. The molecule has 0 aliphatic heterocycles. The van der Waals surface area contributed by atoms with E-state index >= 15 is 0 Å². The van der Waals surface area contributed by atoms with Crippen molar-refractivity contribution >= 4 is 0 Å². The first kappa shape index (κ1) is 12.6. The lowest BCUT2D eigenvalue weighted by Crippen LogP contribution is -2.20. The lowest BCUT2D eigenvalue weighted by atomic mass is 9.77. The van der Waals surface area contributed by atoms with Gasteiger partial charge in [0, 0.05) is 18.8 Å². The minimum absolute atomic E-state index is 0.314. The van der Waals surface area contributed by atoms with Gasteiger partial charge in [0.2, 0.25) is 0 Å². The summed E-state index contributed by atoms with van der Waals surface area (Å²) in [4.78, 5) is 0. The van der Waals surface area contributed by atoms with Crippen LogP contribution in [0.5, 0.6) is 0 Å². The Morgan fingerprint density at radius 2 is 2.12 bits per heavy atom. The van der Waals surface area contributed by atoms with Crippen molar-refractivity contribution in [3.05, 3.63) is 18.0 Å². The quantitative estimate of drug-likeness (QED) is 0.872.